The molecule has 0 aliphatic rings. The Morgan fingerprint density at radius 1 is 1.14 bits per heavy atom. The third-order valence-corrected chi connectivity index (χ3v) is 2.97. The van der Waals surface area contributed by atoms with Crippen molar-refractivity contribution in [2.45, 2.75) is 6.18 Å². The third kappa shape index (κ3) is 3.63. The number of isocyanates is 1. The van der Waals surface area contributed by atoms with Crippen molar-refractivity contribution in [1.82, 2.24) is 0 Å². The van der Waals surface area contributed by atoms with E-state index in [0.29, 0.717) is 6.07 Å². The standard InChI is InChI=1S/C14H7ClF4N2O/c15-11-6-9(1-3-12(11)16)21-13-4-2-8(20-7-22)5-10(13)14(17,18)19/h1-6,21H. The molecular formula is C14H7ClF4N2O. The molecule has 0 aliphatic heterocycles. The Morgan fingerprint density at radius 3 is 2.45 bits per heavy atom. The normalized spacial score (nSPS) is 11.0. The van der Waals surface area contributed by atoms with Crippen LogP contribution in [-0.2, 0) is 11.0 Å². The number of hydrogen-bond acceptors (Lipinski definition) is 3. The molecule has 3 nitrogen and oxygen atoms in total. The van der Waals surface area contributed by atoms with E-state index in [0.717, 1.165) is 18.2 Å². The maximum atomic E-state index is 13.1. The molecule has 8 heteroatoms. The molecule has 0 fully saturated rings. The van der Waals surface area contributed by atoms with Crippen molar-refractivity contribution in [2.24, 2.45) is 4.99 Å². The molecule has 0 saturated carbocycles. The maximum absolute atomic E-state index is 13.1. The molecule has 0 atom stereocenters. The highest BCUT2D eigenvalue weighted by Crippen LogP contribution is 2.38. The number of benzene rings is 2. The van der Waals surface area contributed by atoms with Gasteiger partial charge in [0, 0.05) is 5.69 Å². The first-order chi connectivity index (χ1) is 10.3. The second kappa shape index (κ2) is 6.17. The molecule has 0 heterocycles. The fourth-order valence-electron chi connectivity index (χ4n) is 1.73. The SMILES string of the molecule is O=C=Nc1ccc(Nc2ccc(F)c(Cl)c2)c(C(F)(F)F)c1. The molecule has 22 heavy (non-hydrogen) atoms. The second-order valence-corrected chi connectivity index (χ2v) is 4.59. The van der Waals surface area contributed by atoms with Gasteiger partial charge in [-0.1, -0.05) is 11.6 Å². The predicted octanol–water partition coefficient (Wildman–Crippen LogP) is 5.21. The van der Waals surface area contributed by atoms with Crippen molar-refractivity contribution in [3.8, 4) is 0 Å². The number of carbonyl (C=O) groups excluding carboxylic acids is 1. The first kappa shape index (κ1) is 16.0. The number of nitrogens with one attached hydrogen (secondary N) is 1. The van der Waals surface area contributed by atoms with Crippen molar-refractivity contribution >= 4 is 34.7 Å². The van der Waals surface area contributed by atoms with E-state index < -0.39 is 17.6 Å². The van der Waals surface area contributed by atoms with Crippen LogP contribution in [0.1, 0.15) is 5.56 Å². The zero-order valence-corrected chi connectivity index (χ0v) is 11.5. The molecule has 2 aromatic carbocycles. The molecule has 0 saturated heterocycles. The van der Waals surface area contributed by atoms with Crippen molar-refractivity contribution in [2.75, 3.05) is 5.32 Å². The van der Waals surface area contributed by atoms with Gasteiger partial charge in [-0.3, -0.25) is 0 Å². The molecule has 1 N–H and O–H groups in total. The van der Waals surface area contributed by atoms with Crippen LogP contribution in [0.25, 0.3) is 0 Å². The Kier molecular flexibility index (Phi) is 4.49. The van der Waals surface area contributed by atoms with Gasteiger partial charge in [-0.05, 0) is 36.4 Å². The Labute approximate surface area is 127 Å². The number of nitrogens with zero attached hydrogens (tertiary/aromatic N) is 1. The second-order valence-electron chi connectivity index (χ2n) is 4.18. The molecule has 2 rings (SSSR count). The fourth-order valence-corrected chi connectivity index (χ4v) is 1.91. The number of rotatable bonds is 3. The van der Waals surface area contributed by atoms with E-state index >= 15 is 0 Å². The summed E-state index contributed by atoms with van der Waals surface area (Å²) in [7, 11) is 0. The van der Waals surface area contributed by atoms with E-state index in [1.807, 2.05) is 0 Å². The molecule has 114 valence electrons. The van der Waals surface area contributed by atoms with E-state index in [1.165, 1.54) is 18.2 Å². The monoisotopic (exact) mass is 330 g/mol. The van der Waals surface area contributed by atoms with Crippen molar-refractivity contribution in [3.05, 3.63) is 52.8 Å². The Bertz CT molecular complexity index is 755. The summed E-state index contributed by atoms with van der Waals surface area (Å²) in [6.07, 6.45) is -3.49. The van der Waals surface area contributed by atoms with E-state index in [1.54, 1.807) is 0 Å². The number of alkyl halides is 3. The molecule has 0 bridgehead atoms. The largest absolute Gasteiger partial charge is 0.418 e. The Balaban J connectivity index is 2.45. The van der Waals surface area contributed by atoms with Crippen LogP contribution in [0.2, 0.25) is 5.02 Å². The van der Waals surface area contributed by atoms with Gasteiger partial charge in [-0.15, -0.1) is 0 Å². The first-order valence-electron chi connectivity index (χ1n) is 5.82. The lowest BCUT2D eigenvalue weighted by Crippen LogP contribution is -2.08. The molecule has 0 radical (unpaired) electrons. The quantitative estimate of drug-likeness (QED) is 0.477. The average molecular weight is 331 g/mol. The van der Waals surface area contributed by atoms with Crippen LogP contribution in [0.3, 0.4) is 0 Å². The van der Waals surface area contributed by atoms with Crippen LogP contribution in [0.4, 0.5) is 34.6 Å². The zero-order valence-electron chi connectivity index (χ0n) is 10.7. The lowest BCUT2D eigenvalue weighted by Gasteiger charge is -2.15. The number of hydrogen-bond donors (Lipinski definition) is 1. The van der Waals surface area contributed by atoms with Gasteiger partial charge in [-0.2, -0.15) is 18.2 Å². The van der Waals surface area contributed by atoms with E-state index in [-0.39, 0.29) is 22.1 Å². The predicted molar refractivity (Wildman–Crippen MR) is 73.9 cm³/mol. The van der Waals surface area contributed by atoms with Crippen LogP contribution in [0, 0.1) is 5.82 Å². The number of halogens is 5. The Hall–Kier alpha value is -2.37. The molecule has 0 spiro atoms. The molecule has 0 aliphatic carbocycles. The minimum absolute atomic E-state index is 0.176. The fraction of sp³-hybridized carbons (Fsp3) is 0.0714. The molecular weight excluding hydrogens is 324 g/mol. The molecule has 0 amide bonds. The van der Waals surface area contributed by atoms with Crippen molar-refractivity contribution < 1.29 is 22.4 Å². The molecule has 0 unspecified atom stereocenters. The summed E-state index contributed by atoms with van der Waals surface area (Å²) in [5, 5.41) is 2.28. The summed E-state index contributed by atoms with van der Waals surface area (Å²) < 4.78 is 52.2. The lowest BCUT2D eigenvalue weighted by molar-refractivity contribution is -0.136. The Morgan fingerprint density at radius 2 is 1.86 bits per heavy atom. The van der Waals surface area contributed by atoms with Gasteiger partial charge in [0.05, 0.1) is 22.0 Å². The molecule has 2 aromatic rings. The summed E-state index contributed by atoms with van der Waals surface area (Å²) in [6.45, 7) is 0. The van der Waals surface area contributed by atoms with Gasteiger partial charge < -0.3 is 5.32 Å². The number of aliphatic imine (C=N–C) groups is 1. The zero-order chi connectivity index (χ0) is 16.3. The summed E-state index contributed by atoms with van der Waals surface area (Å²) in [4.78, 5) is 13.3. The summed E-state index contributed by atoms with van der Waals surface area (Å²) >= 11 is 5.58. The minimum atomic E-state index is -4.67. The van der Waals surface area contributed by atoms with Gasteiger partial charge in [0.1, 0.15) is 5.82 Å². The third-order valence-electron chi connectivity index (χ3n) is 2.68. The highest BCUT2D eigenvalue weighted by molar-refractivity contribution is 6.31. The van der Waals surface area contributed by atoms with Crippen LogP contribution in [-0.4, -0.2) is 6.08 Å². The van der Waals surface area contributed by atoms with E-state index in [4.69, 9.17) is 11.6 Å². The van der Waals surface area contributed by atoms with Gasteiger partial charge in [0.25, 0.3) is 0 Å². The average Bonchev–Trinajstić information content (AvgIpc) is 2.44. The topological polar surface area (TPSA) is 41.5 Å². The summed E-state index contributed by atoms with van der Waals surface area (Å²) in [6, 6.07) is 6.47. The number of anilines is 2. The highest BCUT2D eigenvalue weighted by atomic mass is 35.5. The highest BCUT2D eigenvalue weighted by Gasteiger charge is 2.34. The van der Waals surface area contributed by atoms with Gasteiger partial charge in [0.15, 0.2) is 0 Å². The van der Waals surface area contributed by atoms with Crippen LogP contribution in [0.5, 0.6) is 0 Å². The van der Waals surface area contributed by atoms with Crippen LogP contribution < -0.4 is 5.32 Å². The molecule has 0 aromatic heterocycles. The smallest absolute Gasteiger partial charge is 0.355 e. The summed E-state index contributed by atoms with van der Waals surface area (Å²) in [5.41, 5.74) is -1.29. The van der Waals surface area contributed by atoms with Gasteiger partial charge in [0.2, 0.25) is 6.08 Å². The van der Waals surface area contributed by atoms with Crippen molar-refractivity contribution in [1.29, 1.82) is 0 Å². The van der Waals surface area contributed by atoms with E-state index in [9.17, 15) is 22.4 Å². The van der Waals surface area contributed by atoms with Gasteiger partial charge >= 0.3 is 6.18 Å². The lowest BCUT2D eigenvalue weighted by atomic mass is 10.1. The van der Waals surface area contributed by atoms with Gasteiger partial charge in [-0.25, -0.2) is 9.18 Å². The summed E-state index contributed by atoms with van der Waals surface area (Å²) in [5.74, 6) is -0.682. The first-order valence-corrected chi connectivity index (χ1v) is 6.20. The minimum Gasteiger partial charge on any atom is -0.355 e. The van der Waals surface area contributed by atoms with E-state index in [2.05, 4.69) is 10.3 Å². The van der Waals surface area contributed by atoms with Crippen LogP contribution in [0.15, 0.2) is 41.4 Å². The van der Waals surface area contributed by atoms with Crippen LogP contribution >= 0.6 is 11.6 Å². The maximum Gasteiger partial charge on any atom is 0.418 e. The van der Waals surface area contributed by atoms with Crippen molar-refractivity contribution in [3.63, 3.8) is 0 Å².